The van der Waals surface area contributed by atoms with Gasteiger partial charge in [0.15, 0.2) is 0 Å². The molecule has 6 heteroatoms. The summed E-state index contributed by atoms with van der Waals surface area (Å²) in [5, 5.41) is 11.2. The second-order valence-corrected chi connectivity index (χ2v) is 7.54. The molecule has 0 radical (unpaired) electrons. The Morgan fingerprint density at radius 2 is 1.97 bits per heavy atom. The molecule has 1 aliphatic rings. The first kappa shape index (κ1) is 21.1. The van der Waals surface area contributed by atoms with E-state index in [0.717, 1.165) is 36.3 Å². The molecule has 5 nitrogen and oxygen atoms in total. The Morgan fingerprint density at radius 1 is 1.17 bits per heavy atom. The number of rotatable bonds is 5. The van der Waals surface area contributed by atoms with E-state index in [1.807, 2.05) is 35.1 Å². The summed E-state index contributed by atoms with van der Waals surface area (Å²) < 4.78 is 1.86. The van der Waals surface area contributed by atoms with Crippen LogP contribution in [0.5, 0.6) is 0 Å². The van der Waals surface area contributed by atoms with E-state index in [4.69, 9.17) is 5.10 Å². The lowest BCUT2D eigenvalue weighted by atomic mass is 10.0. The van der Waals surface area contributed by atoms with Crippen LogP contribution < -0.4 is 10.6 Å². The number of halogens is 1. The Morgan fingerprint density at radius 3 is 2.66 bits per heavy atom. The van der Waals surface area contributed by atoms with Crippen molar-refractivity contribution >= 4 is 18.3 Å². The van der Waals surface area contributed by atoms with Gasteiger partial charge in [-0.3, -0.25) is 9.48 Å². The molecule has 1 fully saturated rings. The molecule has 1 amide bonds. The standard InChI is InChI=1S/C23H26N4O.ClH/c1-16-8-9-19(12-17(16)2)22-21(23(28)25-20-10-11-24-13-20)15-27(26-22)14-18-6-4-3-5-7-18;/h3-9,12,15,20,24H,10-11,13-14H2,1-2H3,(H,25,28);1H. The fourth-order valence-corrected chi connectivity index (χ4v) is 3.58. The lowest BCUT2D eigenvalue weighted by Gasteiger charge is -2.11. The minimum Gasteiger partial charge on any atom is -0.348 e. The van der Waals surface area contributed by atoms with E-state index < -0.39 is 0 Å². The van der Waals surface area contributed by atoms with Crippen molar-refractivity contribution in [1.29, 1.82) is 0 Å². The first-order valence-electron chi connectivity index (χ1n) is 9.81. The summed E-state index contributed by atoms with van der Waals surface area (Å²) in [6.45, 7) is 6.58. The number of carbonyl (C=O) groups is 1. The zero-order valence-electron chi connectivity index (χ0n) is 16.8. The average Bonchev–Trinajstić information content (AvgIpc) is 3.35. The third-order valence-corrected chi connectivity index (χ3v) is 5.37. The molecule has 3 aromatic rings. The van der Waals surface area contributed by atoms with Crippen molar-refractivity contribution in [2.24, 2.45) is 0 Å². The first-order valence-corrected chi connectivity index (χ1v) is 9.81. The number of hydrogen-bond acceptors (Lipinski definition) is 3. The van der Waals surface area contributed by atoms with Gasteiger partial charge in [-0.1, -0.05) is 42.5 Å². The molecule has 4 rings (SSSR count). The van der Waals surface area contributed by atoms with Gasteiger partial charge in [0.1, 0.15) is 5.69 Å². The molecule has 0 aliphatic carbocycles. The van der Waals surface area contributed by atoms with Gasteiger partial charge in [-0.05, 0) is 49.6 Å². The number of nitrogens with one attached hydrogen (secondary N) is 2. The van der Waals surface area contributed by atoms with Crippen LogP contribution in [0.3, 0.4) is 0 Å². The first-order chi connectivity index (χ1) is 13.6. The van der Waals surface area contributed by atoms with Crippen LogP contribution in [0.1, 0.15) is 33.5 Å². The molecule has 2 aromatic carbocycles. The molecular weight excluding hydrogens is 384 g/mol. The highest BCUT2D eigenvalue weighted by Crippen LogP contribution is 2.25. The van der Waals surface area contributed by atoms with Crippen molar-refractivity contribution in [2.75, 3.05) is 13.1 Å². The number of amides is 1. The monoisotopic (exact) mass is 410 g/mol. The van der Waals surface area contributed by atoms with E-state index >= 15 is 0 Å². The molecule has 1 aliphatic heterocycles. The van der Waals surface area contributed by atoms with Crippen LogP contribution >= 0.6 is 12.4 Å². The topological polar surface area (TPSA) is 59.0 Å². The minimum absolute atomic E-state index is 0. The van der Waals surface area contributed by atoms with Crippen LogP contribution in [-0.4, -0.2) is 34.8 Å². The Balaban J connectivity index is 0.00000240. The smallest absolute Gasteiger partial charge is 0.255 e. The second-order valence-electron chi connectivity index (χ2n) is 7.54. The summed E-state index contributed by atoms with van der Waals surface area (Å²) in [5.74, 6) is -0.0544. The van der Waals surface area contributed by atoms with E-state index in [0.29, 0.717) is 12.1 Å². The van der Waals surface area contributed by atoms with Crippen LogP contribution in [0.2, 0.25) is 0 Å². The molecule has 0 spiro atoms. The minimum atomic E-state index is -0.0544. The molecule has 2 heterocycles. The van der Waals surface area contributed by atoms with Crippen molar-refractivity contribution in [3.63, 3.8) is 0 Å². The molecule has 1 aromatic heterocycles. The van der Waals surface area contributed by atoms with Crippen molar-refractivity contribution in [2.45, 2.75) is 32.9 Å². The Labute approximate surface area is 177 Å². The number of benzene rings is 2. The molecule has 2 N–H and O–H groups in total. The molecule has 1 atom stereocenters. The van der Waals surface area contributed by atoms with Crippen molar-refractivity contribution in [3.8, 4) is 11.3 Å². The van der Waals surface area contributed by atoms with Gasteiger partial charge in [0.05, 0.1) is 12.1 Å². The maximum atomic E-state index is 13.0. The maximum Gasteiger partial charge on any atom is 0.255 e. The number of aryl methyl sites for hydroxylation is 2. The highest BCUT2D eigenvalue weighted by atomic mass is 35.5. The third-order valence-electron chi connectivity index (χ3n) is 5.37. The molecule has 0 bridgehead atoms. The fourth-order valence-electron chi connectivity index (χ4n) is 3.58. The quantitative estimate of drug-likeness (QED) is 0.673. The van der Waals surface area contributed by atoms with Crippen molar-refractivity contribution < 1.29 is 4.79 Å². The van der Waals surface area contributed by atoms with Crippen molar-refractivity contribution in [1.82, 2.24) is 20.4 Å². The van der Waals surface area contributed by atoms with Gasteiger partial charge in [-0.15, -0.1) is 12.4 Å². The maximum absolute atomic E-state index is 13.0. The van der Waals surface area contributed by atoms with E-state index in [9.17, 15) is 4.79 Å². The zero-order valence-corrected chi connectivity index (χ0v) is 17.6. The van der Waals surface area contributed by atoms with Gasteiger partial charge < -0.3 is 10.6 Å². The van der Waals surface area contributed by atoms with E-state index in [-0.39, 0.29) is 24.4 Å². The second kappa shape index (κ2) is 9.25. The lowest BCUT2D eigenvalue weighted by molar-refractivity contribution is 0.0940. The SMILES string of the molecule is Cc1ccc(-c2nn(Cc3ccccc3)cc2C(=O)NC2CCNC2)cc1C.Cl. The molecule has 0 saturated carbocycles. The predicted octanol–water partition coefficient (Wildman–Crippen LogP) is 3.73. The normalized spacial score (nSPS) is 15.7. The van der Waals surface area contributed by atoms with E-state index in [2.05, 4.69) is 48.7 Å². The summed E-state index contributed by atoms with van der Waals surface area (Å²) in [6.07, 6.45) is 2.83. The summed E-state index contributed by atoms with van der Waals surface area (Å²) in [6, 6.07) is 16.6. The van der Waals surface area contributed by atoms with E-state index in [1.165, 1.54) is 11.1 Å². The highest BCUT2D eigenvalue weighted by molar-refractivity contribution is 6.00. The number of aromatic nitrogens is 2. The Kier molecular flexibility index (Phi) is 6.72. The number of nitrogens with zero attached hydrogens (tertiary/aromatic N) is 2. The third kappa shape index (κ3) is 4.86. The largest absolute Gasteiger partial charge is 0.348 e. The fraction of sp³-hybridized carbons (Fsp3) is 0.304. The molecule has 152 valence electrons. The van der Waals surface area contributed by atoms with Crippen LogP contribution in [0.25, 0.3) is 11.3 Å². The van der Waals surface area contributed by atoms with Crippen molar-refractivity contribution in [3.05, 3.63) is 77.0 Å². The van der Waals surface area contributed by atoms with Gasteiger partial charge in [0.25, 0.3) is 5.91 Å². The average molecular weight is 411 g/mol. The molecule has 1 unspecified atom stereocenters. The molecule has 1 saturated heterocycles. The number of hydrogen-bond donors (Lipinski definition) is 2. The number of carbonyl (C=O) groups excluding carboxylic acids is 1. The predicted molar refractivity (Wildman–Crippen MR) is 119 cm³/mol. The van der Waals surface area contributed by atoms with Gasteiger partial charge in [0.2, 0.25) is 0 Å². The summed E-state index contributed by atoms with van der Waals surface area (Å²) in [5.41, 5.74) is 5.93. The van der Waals surface area contributed by atoms with Crippen LogP contribution in [0.4, 0.5) is 0 Å². The van der Waals surface area contributed by atoms with Crippen LogP contribution in [-0.2, 0) is 6.54 Å². The highest BCUT2D eigenvalue weighted by Gasteiger charge is 2.22. The van der Waals surface area contributed by atoms with Gasteiger partial charge in [0, 0.05) is 24.3 Å². The van der Waals surface area contributed by atoms with Gasteiger partial charge in [-0.25, -0.2) is 0 Å². The van der Waals surface area contributed by atoms with Gasteiger partial charge in [-0.2, -0.15) is 5.10 Å². The zero-order chi connectivity index (χ0) is 19.5. The summed E-state index contributed by atoms with van der Waals surface area (Å²) in [4.78, 5) is 13.0. The lowest BCUT2D eigenvalue weighted by Crippen LogP contribution is -2.36. The summed E-state index contributed by atoms with van der Waals surface area (Å²) in [7, 11) is 0. The Bertz CT molecular complexity index is 978. The summed E-state index contributed by atoms with van der Waals surface area (Å²) >= 11 is 0. The Hall–Kier alpha value is -2.63. The van der Waals surface area contributed by atoms with Crippen LogP contribution in [0.15, 0.2) is 54.7 Å². The van der Waals surface area contributed by atoms with Crippen LogP contribution in [0, 0.1) is 13.8 Å². The van der Waals surface area contributed by atoms with Gasteiger partial charge >= 0.3 is 0 Å². The molecule has 29 heavy (non-hydrogen) atoms. The van der Waals surface area contributed by atoms with E-state index in [1.54, 1.807) is 0 Å². The molecular formula is C23H27ClN4O.